The fraction of sp³-hybridized carbons (Fsp3) is 0.316. The number of benzene rings is 1. The van der Waals surface area contributed by atoms with Crippen LogP contribution in [0, 0.1) is 13.8 Å². The number of thioether (sulfide) groups is 1. The van der Waals surface area contributed by atoms with E-state index in [-0.39, 0.29) is 5.91 Å². The molecule has 7 heteroatoms. The molecule has 0 bridgehead atoms. The number of hydrogen-bond donors (Lipinski definition) is 1. The van der Waals surface area contributed by atoms with E-state index in [0.717, 1.165) is 33.2 Å². The Balaban J connectivity index is 1.77. The Morgan fingerprint density at radius 1 is 1.31 bits per heavy atom. The summed E-state index contributed by atoms with van der Waals surface area (Å²) >= 11 is 3.15. The van der Waals surface area contributed by atoms with E-state index in [1.807, 2.05) is 25.1 Å². The number of nitrogens with zero attached hydrogens (tertiary/aromatic N) is 2. The van der Waals surface area contributed by atoms with E-state index in [9.17, 15) is 4.79 Å². The van der Waals surface area contributed by atoms with Gasteiger partial charge in [0, 0.05) is 22.0 Å². The van der Waals surface area contributed by atoms with Crippen molar-refractivity contribution in [2.45, 2.75) is 32.2 Å². The van der Waals surface area contributed by atoms with E-state index in [1.165, 1.54) is 22.2 Å². The van der Waals surface area contributed by atoms with Crippen LogP contribution in [0.2, 0.25) is 0 Å². The van der Waals surface area contributed by atoms with Crippen molar-refractivity contribution in [1.82, 2.24) is 9.97 Å². The molecule has 2 aromatic heterocycles. The number of anilines is 1. The summed E-state index contributed by atoms with van der Waals surface area (Å²) in [6, 6.07) is 7.33. The number of rotatable bonds is 6. The zero-order valence-electron chi connectivity index (χ0n) is 15.3. The Kier molecular flexibility index (Phi) is 5.78. The van der Waals surface area contributed by atoms with Crippen molar-refractivity contribution >= 4 is 44.9 Å². The quantitative estimate of drug-likeness (QED) is 0.494. The first-order chi connectivity index (χ1) is 12.5. The van der Waals surface area contributed by atoms with Crippen molar-refractivity contribution < 1.29 is 9.53 Å². The van der Waals surface area contributed by atoms with Crippen molar-refractivity contribution in [3.05, 3.63) is 40.5 Å². The summed E-state index contributed by atoms with van der Waals surface area (Å²) in [5, 5.41) is 4.88. The van der Waals surface area contributed by atoms with E-state index >= 15 is 0 Å². The molecular formula is C19H21N3O2S2. The minimum Gasteiger partial charge on any atom is -0.497 e. The first kappa shape index (κ1) is 18.7. The zero-order valence-corrected chi connectivity index (χ0v) is 16.9. The Hall–Kier alpha value is -2.12. The number of hydrogen-bond acceptors (Lipinski definition) is 6. The third kappa shape index (κ3) is 3.99. The van der Waals surface area contributed by atoms with Crippen LogP contribution in [-0.4, -0.2) is 28.7 Å². The Labute approximate surface area is 161 Å². The molecule has 0 spiro atoms. The second-order valence-electron chi connectivity index (χ2n) is 5.82. The fourth-order valence-corrected chi connectivity index (χ4v) is 4.92. The molecule has 0 saturated carbocycles. The SMILES string of the molecule is CCc1c(C)sc2nc(C)nc(SCC(=O)Nc3cccc(OC)c3)c12. The van der Waals surface area contributed by atoms with Crippen molar-refractivity contribution in [3.63, 3.8) is 0 Å². The highest BCUT2D eigenvalue weighted by Crippen LogP contribution is 2.36. The van der Waals surface area contributed by atoms with Gasteiger partial charge in [-0.3, -0.25) is 4.79 Å². The molecule has 0 aliphatic carbocycles. The van der Waals surface area contributed by atoms with E-state index in [2.05, 4.69) is 29.1 Å². The van der Waals surface area contributed by atoms with Crippen molar-refractivity contribution in [2.75, 3.05) is 18.2 Å². The minimum atomic E-state index is -0.0716. The fourth-order valence-electron chi connectivity index (χ4n) is 2.80. The van der Waals surface area contributed by atoms with Crippen LogP contribution in [0.4, 0.5) is 5.69 Å². The number of fused-ring (bicyclic) bond motifs is 1. The molecule has 0 radical (unpaired) electrons. The number of thiophene rings is 1. The van der Waals surface area contributed by atoms with Gasteiger partial charge in [0.1, 0.15) is 21.4 Å². The second kappa shape index (κ2) is 8.05. The van der Waals surface area contributed by atoms with Crippen molar-refractivity contribution in [3.8, 4) is 5.75 Å². The van der Waals surface area contributed by atoms with Gasteiger partial charge in [-0.1, -0.05) is 24.8 Å². The standard InChI is InChI=1S/C19H21N3O2S2/c1-5-15-11(2)26-19-17(15)18(20-12(3)21-19)25-10-16(23)22-13-7-6-8-14(9-13)24-4/h6-9H,5,10H2,1-4H3,(H,22,23). The maximum Gasteiger partial charge on any atom is 0.234 e. The molecule has 1 N–H and O–H groups in total. The molecule has 0 unspecified atom stereocenters. The van der Waals surface area contributed by atoms with Crippen molar-refractivity contribution in [2.24, 2.45) is 0 Å². The molecule has 5 nitrogen and oxygen atoms in total. The van der Waals surface area contributed by atoms with Crippen molar-refractivity contribution in [1.29, 1.82) is 0 Å². The monoisotopic (exact) mass is 387 g/mol. The molecule has 2 heterocycles. The van der Waals surface area contributed by atoms with Gasteiger partial charge in [-0.25, -0.2) is 9.97 Å². The van der Waals surface area contributed by atoms with E-state index < -0.39 is 0 Å². The number of aromatic nitrogens is 2. The van der Waals surface area contributed by atoms with Gasteiger partial charge in [-0.05, 0) is 38.0 Å². The first-order valence-corrected chi connectivity index (χ1v) is 10.1. The van der Waals surface area contributed by atoms with E-state index in [4.69, 9.17) is 4.74 Å². The van der Waals surface area contributed by atoms with Crippen LogP contribution in [0.5, 0.6) is 5.75 Å². The smallest absolute Gasteiger partial charge is 0.234 e. The lowest BCUT2D eigenvalue weighted by atomic mass is 10.1. The highest BCUT2D eigenvalue weighted by atomic mass is 32.2. The van der Waals surface area contributed by atoms with Crippen LogP contribution in [0.1, 0.15) is 23.2 Å². The molecule has 0 saturated heterocycles. The normalized spacial score (nSPS) is 10.9. The predicted molar refractivity (Wildman–Crippen MR) is 109 cm³/mol. The largest absolute Gasteiger partial charge is 0.497 e. The summed E-state index contributed by atoms with van der Waals surface area (Å²) in [6.45, 7) is 6.14. The minimum absolute atomic E-state index is 0.0716. The summed E-state index contributed by atoms with van der Waals surface area (Å²) in [5.41, 5.74) is 2.00. The summed E-state index contributed by atoms with van der Waals surface area (Å²) in [6.07, 6.45) is 0.932. The van der Waals surface area contributed by atoms with Crippen LogP contribution in [0.15, 0.2) is 29.3 Å². The van der Waals surface area contributed by atoms with Crippen LogP contribution >= 0.6 is 23.1 Å². The Bertz CT molecular complexity index is 953. The van der Waals surface area contributed by atoms with Gasteiger partial charge in [-0.2, -0.15) is 0 Å². The van der Waals surface area contributed by atoms with Crippen LogP contribution in [0.3, 0.4) is 0 Å². The van der Waals surface area contributed by atoms with Gasteiger partial charge in [0.2, 0.25) is 5.91 Å². The molecule has 3 rings (SSSR count). The highest BCUT2D eigenvalue weighted by molar-refractivity contribution is 8.00. The van der Waals surface area contributed by atoms with Gasteiger partial charge in [0.15, 0.2) is 0 Å². The molecule has 0 fully saturated rings. The number of amides is 1. The molecule has 0 atom stereocenters. The molecular weight excluding hydrogens is 366 g/mol. The summed E-state index contributed by atoms with van der Waals surface area (Å²) in [7, 11) is 1.60. The Morgan fingerprint density at radius 2 is 2.12 bits per heavy atom. The van der Waals surface area contributed by atoms with Gasteiger partial charge >= 0.3 is 0 Å². The second-order valence-corrected chi connectivity index (χ2v) is 7.98. The van der Waals surface area contributed by atoms with Crippen LogP contribution in [0.25, 0.3) is 10.2 Å². The molecule has 136 valence electrons. The van der Waals surface area contributed by atoms with Crippen LogP contribution in [-0.2, 0) is 11.2 Å². The first-order valence-electron chi connectivity index (χ1n) is 8.35. The number of carbonyl (C=O) groups is 1. The zero-order chi connectivity index (χ0) is 18.7. The number of methoxy groups -OCH3 is 1. The Morgan fingerprint density at radius 3 is 2.85 bits per heavy atom. The number of ether oxygens (including phenoxy) is 1. The average Bonchev–Trinajstić information content (AvgIpc) is 2.94. The van der Waals surface area contributed by atoms with Gasteiger partial charge in [0.05, 0.1) is 12.9 Å². The third-order valence-corrected chi connectivity index (χ3v) is 5.99. The lowest BCUT2D eigenvalue weighted by molar-refractivity contribution is -0.113. The lowest BCUT2D eigenvalue weighted by Crippen LogP contribution is -2.14. The number of nitrogens with one attached hydrogen (secondary N) is 1. The van der Waals surface area contributed by atoms with E-state index in [1.54, 1.807) is 24.5 Å². The molecule has 0 aliphatic rings. The van der Waals surface area contributed by atoms with Gasteiger partial charge in [-0.15, -0.1) is 11.3 Å². The third-order valence-electron chi connectivity index (χ3n) is 3.98. The molecule has 26 heavy (non-hydrogen) atoms. The predicted octanol–water partition coefficient (Wildman–Crippen LogP) is 4.61. The molecule has 0 aliphatic heterocycles. The van der Waals surface area contributed by atoms with Crippen LogP contribution < -0.4 is 10.1 Å². The maximum absolute atomic E-state index is 12.4. The number of aryl methyl sites for hydroxylation is 3. The topological polar surface area (TPSA) is 64.1 Å². The molecule has 1 aromatic carbocycles. The highest BCUT2D eigenvalue weighted by Gasteiger charge is 2.16. The summed E-state index contributed by atoms with van der Waals surface area (Å²) in [5.74, 6) is 1.67. The van der Waals surface area contributed by atoms with Gasteiger partial charge < -0.3 is 10.1 Å². The summed E-state index contributed by atoms with van der Waals surface area (Å²) < 4.78 is 5.18. The number of carbonyl (C=O) groups excluding carboxylic acids is 1. The molecule has 3 aromatic rings. The average molecular weight is 388 g/mol. The van der Waals surface area contributed by atoms with E-state index in [0.29, 0.717) is 11.5 Å². The lowest BCUT2D eigenvalue weighted by Gasteiger charge is -2.08. The van der Waals surface area contributed by atoms with Gasteiger partial charge in [0.25, 0.3) is 0 Å². The summed E-state index contributed by atoms with van der Waals surface area (Å²) in [4.78, 5) is 23.8. The molecule has 1 amide bonds. The maximum atomic E-state index is 12.4.